The van der Waals surface area contributed by atoms with Crippen LogP contribution in [0.1, 0.15) is 49.5 Å². The molecule has 30 heavy (non-hydrogen) atoms. The van der Waals surface area contributed by atoms with Crippen LogP contribution in [0.15, 0.2) is 52.2 Å². The second kappa shape index (κ2) is 9.26. The van der Waals surface area contributed by atoms with Crippen molar-refractivity contribution >= 4 is 23.2 Å². The number of hydrogen-bond acceptors (Lipinski definition) is 5. The zero-order valence-electron chi connectivity index (χ0n) is 17.3. The van der Waals surface area contributed by atoms with Gasteiger partial charge in [-0.15, -0.1) is 0 Å². The Morgan fingerprint density at radius 1 is 1.17 bits per heavy atom. The molecule has 2 aliphatic rings. The van der Waals surface area contributed by atoms with Gasteiger partial charge in [-0.05, 0) is 62.7 Å². The molecule has 158 valence electrons. The summed E-state index contributed by atoms with van der Waals surface area (Å²) in [5, 5.41) is 8.75. The number of furan rings is 1. The minimum absolute atomic E-state index is 0.00273. The Hall–Kier alpha value is -2.93. The molecular formula is C23H28N4O3. The molecule has 2 amide bonds. The maximum absolute atomic E-state index is 12.9. The van der Waals surface area contributed by atoms with Crippen molar-refractivity contribution in [3.8, 4) is 0 Å². The van der Waals surface area contributed by atoms with Crippen molar-refractivity contribution in [2.75, 3.05) is 24.6 Å². The highest BCUT2D eigenvalue weighted by molar-refractivity contribution is 6.40. The number of carbonyl (C=O) groups is 2. The molecule has 0 bridgehead atoms. The molecular weight excluding hydrogens is 380 g/mol. The maximum atomic E-state index is 12.9. The van der Waals surface area contributed by atoms with E-state index in [1.165, 1.54) is 11.4 Å². The van der Waals surface area contributed by atoms with Gasteiger partial charge in [0.1, 0.15) is 11.5 Å². The van der Waals surface area contributed by atoms with Crippen LogP contribution in [0.2, 0.25) is 0 Å². The first-order valence-electron chi connectivity index (χ1n) is 10.6. The minimum atomic E-state index is -0.228. The predicted molar refractivity (Wildman–Crippen MR) is 115 cm³/mol. The van der Waals surface area contributed by atoms with Gasteiger partial charge in [0.05, 0.1) is 18.0 Å². The number of hydrogen-bond donors (Lipinski definition) is 1. The summed E-state index contributed by atoms with van der Waals surface area (Å²) in [7, 11) is 0. The molecule has 2 aromatic rings. The van der Waals surface area contributed by atoms with Gasteiger partial charge in [-0.1, -0.05) is 18.6 Å². The molecule has 0 saturated carbocycles. The van der Waals surface area contributed by atoms with Crippen molar-refractivity contribution in [2.45, 2.75) is 45.1 Å². The van der Waals surface area contributed by atoms with Gasteiger partial charge in [-0.25, -0.2) is 5.01 Å². The Balaban J connectivity index is 1.46. The predicted octanol–water partition coefficient (Wildman–Crippen LogP) is 3.41. The number of rotatable bonds is 6. The molecule has 1 N–H and O–H groups in total. The van der Waals surface area contributed by atoms with Gasteiger partial charge in [-0.2, -0.15) is 5.10 Å². The van der Waals surface area contributed by atoms with Crippen LogP contribution in [0.25, 0.3) is 0 Å². The molecule has 1 aromatic heterocycles. The highest BCUT2D eigenvalue weighted by atomic mass is 16.3. The molecule has 1 saturated heterocycles. The lowest BCUT2D eigenvalue weighted by atomic mass is 10.1. The fourth-order valence-electron chi connectivity index (χ4n) is 4.09. The summed E-state index contributed by atoms with van der Waals surface area (Å²) in [6.45, 7) is 4.41. The number of likely N-dealkylation sites (tertiary alicyclic amines) is 1. The second-order valence-electron chi connectivity index (χ2n) is 7.93. The normalized spacial score (nSPS) is 18.8. The fraction of sp³-hybridized carbons (Fsp3) is 0.435. The van der Waals surface area contributed by atoms with Gasteiger partial charge in [0, 0.05) is 19.4 Å². The molecule has 0 radical (unpaired) electrons. The molecule has 1 aromatic carbocycles. The third-order valence-electron chi connectivity index (χ3n) is 5.70. The van der Waals surface area contributed by atoms with Crippen molar-refractivity contribution in [3.63, 3.8) is 0 Å². The van der Waals surface area contributed by atoms with Gasteiger partial charge in [-0.3, -0.25) is 14.5 Å². The summed E-state index contributed by atoms with van der Waals surface area (Å²) in [6, 6.07) is 11.4. The number of benzene rings is 1. The Bertz CT molecular complexity index is 916. The molecule has 1 fully saturated rings. The lowest BCUT2D eigenvalue weighted by Gasteiger charge is -2.33. The summed E-state index contributed by atoms with van der Waals surface area (Å²) in [5.41, 5.74) is 2.11. The Labute approximate surface area is 176 Å². The van der Waals surface area contributed by atoms with Crippen LogP contribution in [-0.4, -0.2) is 42.1 Å². The number of piperidine rings is 1. The third-order valence-corrected chi connectivity index (χ3v) is 5.70. The quantitative estimate of drug-likeness (QED) is 0.795. The molecule has 7 heteroatoms. The molecule has 2 aliphatic heterocycles. The molecule has 0 aliphatic carbocycles. The Morgan fingerprint density at radius 2 is 2.00 bits per heavy atom. The number of carbonyl (C=O) groups excluding carboxylic acids is 2. The van der Waals surface area contributed by atoms with E-state index in [9.17, 15) is 9.59 Å². The smallest absolute Gasteiger partial charge is 0.267 e. The number of aryl methyl sites for hydroxylation is 1. The van der Waals surface area contributed by atoms with Gasteiger partial charge in [0.15, 0.2) is 0 Å². The van der Waals surface area contributed by atoms with E-state index >= 15 is 0 Å². The standard InChI is InChI=1S/C23H28N4O3/c1-17-7-5-8-18(15-17)27-22(28)11-10-19(25-27)23(29)24-16-20(21-9-6-14-30-21)26-12-3-2-4-13-26/h5-9,14-15,20H,2-4,10-13,16H2,1H3,(H,24,29). The molecule has 3 heterocycles. The number of anilines is 1. The monoisotopic (exact) mass is 408 g/mol. The first-order valence-corrected chi connectivity index (χ1v) is 10.6. The van der Waals surface area contributed by atoms with Gasteiger partial charge in [0.25, 0.3) is 5.91 Å². The summed E-state index contributed by atoms with van der Waals surface area (Å²) in [5.74, 6) is 0.534. The van der Waals surface area contributed by atoms with Crippen LogP contribution in [0.3, 0.4) is 0 Å². The zero-order valence-corrected chi connectivity index (χ0v) is 17.3. The van der Waals surface area contributed by atoms with Crippen LogP contribution in [-0.2, 0) is 9.59 Å². The summed E-state index contributed by atoms with van der Waals surface area (Å²) in [4.78, 5) is 27.6. The molecule has 7 nitrogen and oxygen atoms in total. The van der Waals surface area contributed by atoms with Crippen LogP contribution < -0.4 is 10.3 Å². The fourth-order valence-corrected chi connectivity index (χ4v) is 4.09. The van der Waals surface area contributed by atoms with Crippen molar-refractivity contribution in [1.82, 2.24) is 10.2 Å². The highest BCUT2D eigenvalue weighted by Crippen LogP contribution is 2.25. The van der Waals surface area contributed by atoms with Crippen molar-refractivity contribution in [1.29, 1.82) is 0 Å². The van der Waals surface area contributed by atoms with Crippen LogP contribution >= 0.6 is 0 Å². The van der Waals surface area contributed by atoms with Crippen molar-refractivity contribution in [3.05, 3.63) is 54.0 Å². The molecule has 0 spiro atoms. The zero-order chi connectivity index (χ0) is 20.9. The van der Waals surface area contributed by atoms with Crippen LogP contribution in [0, 0.1) is 6.92 Å². The van der Waals surface area contributed by atoms with E-state index < -0.39 is 0 Å². The lowest BCUT2D eigenvalue weighted by Crippen LogP contribution is -2.44. The molecule has 1 unspecified atom stereocenters. The number of amides is 2. The van der Waals surface area contributed by atoms with Gasteiger partial charge < -0.3 is 9.73 Å². The SMILES string of the molecule is Cc1cccc(N2N=C(C(=O)NCC(c3ccco3)N3CCCCC3)CCC2=O)c1. The van der Waals surface area contributed by atoms with E-state index in [0.29, 0.717) is 24.4 Å². The average Bonchev–Trinajstić information content (AvgIpc) is 3.29. The van der Waals surface area contributed by atoms with Crippen LogP contribution in [0.5, 0.6) is 0 Å². The van der Waals surface area contributed by atoms with Crippen LogP contribution in [0.4, 0.5) is 5.69 Å². The number of nitrogens with one attached hydrogen (secondary N) is 1. The lowest BCUT2D eigenvalue weighted by molar-refractivity contribution is -0.119. The largest absolute Gasteiger partial charge is 0.468 e. The molecule has 1 atom stereocenters. The topological polar surface area (TPSA) is 78.2 Å². The van der Waals surface area contributed by atoms with Crippen molar-refractivity contribution in [2.24, 2.45) is 5.10 Å². The Kier molecular flexibility index (Phi) is 6.28. The third kappa shape index (κ3) is 4.62. The number of nitrogens with zero attached hydrogens (tertiary/aromatic N) is 3. The summed E-state index contributed by atoms with van der Waals surface area (Å²) < 4.78 is 5.65. The average molecular weight is 409 g/mol. The second-order valence-corrected chi connectivity index (χ2v) is 7.93. The minimum Gasteiger partial charge on any atom is -0.468 e. The number of hydrazone groups is 1. The maximum Gasteiger partial charge on any atom is 0.267 e. The van der Waals surface area contributed by atoms with E-state index in [1.807, 2.05) is 43.3 Å². The van der Waals surface area contributed by atoms with Gasteiger partial charge >= 0.3 is 0 Å². The van der Waals surface area contributed by atoms with Crippen molar-refractivity contribution < 1.29 is 14.0 Å². The summed E-state index contributed by atoms with van der Waals surface area (Å²) in [6.07, 6.45) is 5.85. The first-order chi connectivity index (χ1) is 14.6. The van der Waals surface area contributed by atoms with E-state index in [1.54, 1.807) is 6.26 Å². The molecule has 4 rings (SSSR count). The van der Waals surface area contributed by atoms with E-state index in [-0.39, 0.29) is 24.3 Å². The van der Waals surface area contributed by atoms with E-state index in [4.69, 9.17) is 4.42 Å². The van der Waals surface area contributed by atoms with E-state index in [0.717, 1.165) is 37.3 Å². The summed E-state index contributed by atoms with van der Waals surface area (Å²) >= 11 is 0. The Morgan fingerprint density at radius 3 is 2.73 bits per heavy atom. The first kappa shape index (κ1) is 20.3. The highest BCUT2D eigenvalue weighted by Gasteiger charge is 2.28. The van der Waals surface area contributed by atoms with Gasteiger partial charge in [0.2, 0.25) is 5.91 Å². The van der Waals surface area contributed by atoms with E-state index in [2.05, 4.69) is 15.3 Å².